The van der Waals surface area contributed by atoms with Crippen LogP contribution in [0.25, 0.3) is 0 Å². The molecular weight excluding hydrogens is 276 g/mol. The van der Waals surface area contributed by atoms with Crippen LogP contribution in [0.5, 0.6) is 11.5 Å². The molecule has 3 rings (SSSR count). The van der Waals surface area contributed by atoms with Gasteiger partial charge in [-0.15, -0.1) is 0 Å². The van der Waals surface area contributed by atoms with Crippen LogP contribution in [0.3, 0.4) is 0 Å². The van der Waals surface area contributed by atoms with Crippen LogP contribution in [-0.4, -0.2) is 19.8 Å². The quantitative estimate of drug-likeness (QED) is 0.783. The lowest BCUT2D eigenvalue weighted by atomic mass is 10.1. The summed E-state index contributed by atoms with van der Waals surface area (Å²) in [7, 11) is 1.63. The zero-order chi connectivity index (χ0) is 13.9. The maximum absolute atomic E-state index is 6.09. The molecule has 2 unspecified atom stereocenters. The highest BCUT2D eigenvalue weighted by molar-refractivity contribution is 6.30. The summed E-state index contributed by atoms with van der Waals surface area (Å²) in [6, 6.07) is 15.2. The second-order valence-electron chi connectivity index (χ2n) is 4.62. The Morgan fingerprint density at radius 2 is 1.90 bits per heavy atom. The standard InChI is InChI=1S/C16H15ClO3/c1-18-13-7-2-3-8-14(13)20-16(15-10-19-15)11-5-4-6-12(17)9-11/h2-9,15-16H,10H2,1H3. The molecule has 2 aromatic carbocycles. The average Bonchev–Trinajstić information content (AvgIpc) is 3.29. The third-order valence-corrected chi connectivity index (χ3v) is 3.43. The normalized spacial score (nSPS) is 18.4. The predicted octanol–water partition coefficient (Wildman–Crippen LogP) is 3.87. The minimum atomic E-state index is -0.176. The van der Waals surface area contributed by atoms with Gasteiger partial charge in [-0.25, -0.2) is 0 Å². The number of halogens is 1. The summed E-state index contributed by atoms with van der Waals surface area (Å²) >= 11 is 6.05. The van der Waals surface area contributed by atoms with Crippen molar-refractivity contribution in [1.82, 2.24) is 0 Å². The van der Waals surface area contributed by atoms with Crippen molar-refractivity contribution in [2.75, 3.05) is 13.7 Å². The van der Waals surface area contributed by atoms with Gasteiger partial charge in [-0.1, -0.05) is 35.9 Å². The average molecular weight is 291 g/mol. The molecule has 2 atom stereocenters. The number of benzene rings is 2. The molecule has 0 radical (unpaired) electrons. The molecule has 0 N–H and O–H groups in total. The number of rotatable bonds is 5. The van der Waals surface area contributed by atoms with E-state index in [9.17, 15) is 0 Å². The SMILES string of the molecule is COc1ccccc1OC(c1cccc(Cl)c1)C1CO1. The van der Waals surface area contributed by atoms with Crippen molar-refractivity contribution in [3.63, 3.8) is 0 Å². The van der Waals surface area contributed by atoms with Crippen molar-refractivity contribution in [2.45, 2.75) is 12.2 Å². The van der Waals surface area contributed by atoms with Gasteiger partial charge in [-0.05, 0) is 29.8 Å². The zero-order valence-electron chi connectivity index (χ0n) is 11.1. The number of hydrogen-bond acceptors (Lipinski definition) is 3. The van der Waals surface area contributed by atoms with E-state index in [-0.39, 0.29) is 12.2 Å². The van der Waals surface area contributed by atoms with Crippen LogP contribution >= 0.6 is 11.6 Å². The van der Waals surface area contributed by atoms with Crippen LogP contribution in [0.2, 0.25) is 5.02 Å². The van der Waals surface area contributed by atoms with Crippen molar-refractivity contribution in [3.05, 3.63) is 59.1 Å². The molecule has 104 valence electrons. The van der Waals surface area contributed by atoms with Gasteiger partial charge >= 0.3 is 0 Å². The molecule has 20 heavy (non-hydrogen) atoms. The molecule has 3 nitrogen and oxygen atoms in total. The second-order valence-corrected chi connectivity index (χ2v) is 5.05. The van der Waals surface area contributed by atoms with Gasteiger partial charge in [-0.2, -0.15) is 0 Å². The Bertz CT molecular complexity index is 596. The van der Waals surface area contributed by atoms with E-state index in [1.165, 1.54) is 0 Å². The lowest BCUT2D eigenvalue weighted by Crippen LogP contribution is -2.14. The lowest BCUT2D eigenvalue weighted by Gasteiger charge is -2.19. The second kappa shape index (κ2) is 5.73. The van der Waals surface area contributed by atoms with E-state index in [2.05, 4.69) is 0 Å². The number of methoxy groups -OCH3 is 1. The van der Waals surface area contributed by atoms with Crippen molar-refractivity contribution < 1.29 is 14.2 Å². The Hall–Kier alpha value is -1.71. The van der Waals surface area contributed by atoms with Crippen LogP contribution in [0, 0.1) is 0 Å². The van der Waals surface area contributed by atoms with E-state index in [1.54, 1.807) is 7.11 Å². The lowest BCUT2D eigenvalue weighted by molar-refractivity contribution is 0.156. The third-order valence-electron chi connectivity index (χ3n) is 3.20. The Morgan fingerprint density at radius 1 is 1.15 bits per heavy atom. The van der Waals surface area contributed by atoms with E-state index in [0.717, 1.165) is 5.56 Å². The molecule has 1 saturated heterocycles. The zero-order valence-corrected chi connectivity index (χ0v) is 11.8. The first-order valence-electron chi connectivity index (χ1n) is 6.44. The molecule has 1 aliphatic heterocycles. The first-order chi connectivity index (χ1) is 9.78. The van der Waals surface area contributed by atoms with Crippen molar-refractivity contribution >= 4 is 11.6 Å². The predicted molar refractivity (Wildman–Crippen MR) is 77.6 cm³/mol. The number of para-hydroxylation sites is 2. The van der Waals surface area contributed by atoms with Crippen molar-refractivity contribution in [1.29, 1.82) is 0 Å². The molecule has 0 aliphatic carbocycles. The summed E-state index contributed by atoms with van der Waals surface area (Å²) in [6.45, 7) is 0.701. The van der Waals surface area contributed by atoms with Gasteiger partial charge in [-0.3, -0.25) is 0 Å². The van der Waals surface area contributed by atoms with Crippen LogP contribution < -0.4 is 9.47 Å². The Morgan fingerprint density at radius 3 is 2.55 bits per heavy atom. The van der Waals surface area contributed by atoms with Gasteiger partial charge in [0, 0.05) is 5.02 Å². The monoisotopic (exact) mass is 290 g/mol. The molecule has 0 amide bonds. The van der Waals surface area contributed by atoms with Gasteiger partial charge in [0.1, 0.15) is 6.10 Å². The minimum absolute atomic E-state index is 0.0679. The third kappa shape index (κ3) is 2.89. The molecule has 0 saturated carbocycles. The number of hydrogen-bond donors (Lipinski definition) is 0. The Labute approximate surface area is 123 Å². The first-order valence-corrected chi connectivity index (χ1v) is 6.82. The van der Waals surface area contributed by atoms with Crippen LogP contribution in [0.1, 0.15) is 11.7 Å². The summed E-state index contributed by atoms with van der Waals surface area (Å²) < 4.78 is 16.8. The van der Waals surface area contributed by atoms with E-state index in [0.29, 0.717) is 23.1 Å². The summed E-state index contributed by atoms with van der Waals surface area (Å²) in [5, 5.41) is 0.691. The maximum atomic E-state index is 6.09. The highest BCUT2D eigenvalue weighted by atomic mass is 35.5. The van der Waals surface area contributed by atoms with Gasteiger partial charge in [0.15, 0.2) is 17.6 Å². The van der Waals surface area contributed by atoms with Crippen LogP contribution in [-0.2, 0) is 4.74 Å². The molecule has 1 aliphatic rings. The molecule has 0 bridgehead atoms. The Balaban J connectivity index is 1.88. The fraction of sp³-hybridized carbons (Fsp3) is 0.250. The summed E-state index contributed by atoms with van der Waals surface area (Å²) in [5.41, 5.74) is 1.01. The maximum Gasteiger partial charge on any atom is 0.162 e. The smallest absolute Gasteiger partial charge is 0.162 e. The summed E-state index contributed by atoms with van der Waals surface area (Å²) in [4.78, 5) is 0. The van der Waals surface area contributed by atoms with Crippen LogP contribution in [0.15, 0.2) is 48.5 Å². The van der Waals surface area contributed by atoms with Crippen LogP contribution in [0.4, 0.5) is 0 Å². The van der Waals surface area contributed by atoms with Gasteiger partial charge in [0.25, 0.3) is 0 Å². The highest BCUT2D eigenvalue weighted by Crippen LogP contribution is 2.36. The van der Waals surface area contributed by atoms with Crippen molar-refractivity contribution in [3.8, 4) is 11.5 Å². The molecular formula is C16H15ClO3. The van der Waals surface area contributed by atoms with E-state index < -0.39 is 0 Å². The fourth-order valence-corrected chi connectivity index (χ4v) is 2.32. The van der Waals surface area contributed by atoms with E-state index in [4.69, 9.17) is 25.8 Å². The first kappa shape index (κ1) is 13.3. The van der Waals surface area contributed by atoms with E-state index >= 15 is 0 Å². The topological polar surface area (TPSA) is 31.0 Å². The summed E-state index contributed by atoms with van der Waals surface area (Å²) in [5.74, 6) is 1.41. The number of ether oxygens (including phenoxy) is 3. The highest BCUT2D eigenvalue weighted by Gasteiger charge is 2.36. The molecule has 4 heteroatoms. The van der Waals surface area contributed by atoms with Crippen molar-refractivity contribution in [2.24, 2.45) is 0 Å². The molecule has 1 fully saturated rings. The van der Waals surface area contributed by atoms with Gasteiger partial charge in [0.2, 0.25) is 0 Å². The minimum Gasteiger partial charge on any atom is -0.493 e. The van der Waals surface area contributed by atoms with E-state index in [1.807, 2.05) is 48.5 Å². The largest absolute Gasteiger partial charge is 0.493 e. The fourth-order valence-electron chi connectivity index (χ4n) is 2.13. The van der Waals surface area contributed by atoms with Gasteiger partial charge < -0.3 is 14.2 Å². The van der Waals surface area contributed by atoms with Gasteiger partial charge in [0.05, 0.1) is 13.7 Å². The molecule has 0 aromatic heterocycles. The summed E-state index contributed by atoms with van der Waals surface area (Å²) in [6.07, 6.45) is -0.108. The molecule has 0 spiro atoms. The number of epoxide rings is 1. The Kier molecular flexibility index (Phi) is 3.81. The molecule has 1 heterocycles. The molecule has 2 aromatic rings.